The summed E-state index contributed by atoms with van der Waals surface area (Å²) in [5, 5.41) is 0. The summed E-state index contributed by atoms with van der Waals surface area (Å²) in [5.74, 6) is 0. The van der Waals surface area contributed by atoms with Crippen LogP contribution in [0.25, 0.3) is 0 Å². The van der Waals surface area contributed by atoms with E-state index in [1.165, 1.54) is 12.1 Å². The zero-order chi connectivity index (χ0) is 9.35. The minimum absolute atomic E-state index is 0. The van der Waals surface area contributed by atoms with E-state index in [-0.39, 0.29) is 24.5 Å². The third kappa shape index (κ3) is 2.93. The van der Waals surface area contributed by atoms with Gasteiger partial charge >= 0.3 is 18.9 Å². The molecular formula is C6H7LiN2O3S. The van der Waals surface area contributed by atoms with Gasteiger partial charge in [-0.1, -0.05) is 0 Å². The normalized spacial score (nSPS) is 10.5. The predicted octanol–water partition coefficient (Wildman–Crippen LogP) is -3.24. The molecule has 13 heavy (non-hydrogen) atoms. The molecule has 0 saturated heterocycles. The Morgan fingerprint density at radius 1 is 1.23 bits per heavy atom. The number of hydrogen-bond donors (Lipinski definition) is 2. The summed E-state index contributed by atoms with van der Waals surface area (Å²) < 4.78 is 31.5. The molecule has 0 fully saturated rings. The van der Waals surface area contributed by atoms with Crippen molar-refractivity contribution in [1.29, 1.82) is 0 Å². The second-order valence-corrected chi connectivity index (χ2v) is 3.60. The van der Waals surface area contributed by atoms with Gasteiger partial charge in [-0.15, -0.1) is 0 Å². The molecular weight excluding hydrogens is 187 g/mol. The van der Waals surface area contributed by atoms with Crippen LogP contribution in [0.15, 0.2) is 23.1 Å². The van der Waals surface area contributed by atoms with E-state index >= 15 is 0 Å². The fraction of sp³-hybridized carbons (Fsp3) is 0. The first kappa shape index (κ1) is 12.3. The van der Waals surface area contributed by atoms with E-state index in [1.54, 1.807) is 0 Å². The molecule has 0 bridgehead atoms. The van der Waals surface area contributed by atoms with Crippen molar-refractivity contribution in [2.24, 2.45) is 0 Å². The van der Waals surface area contributed by atoms with Gasteiger partial charge in [-0.05, 0) is 18.2 Å². The summed E-state index contributed by atoms with van der Waals surface area (Å²) in [4.78, 5) is -0.434. The second-order valence-electron chi connectivity index (χ2n) is 2.25. The predicted molar refractivity (Wildman–Crippen MR) is 43.2 cm³/mol. The van der Waals surface area contributed by atoms with E-state index < -0.39 is 15.0 Å². The molecule has 1 aromatic carbocycles. The molecule has 0 unspecified atom stereocenters. The first-order chi connectivity index (χ1) is 5.41. The number of anilines is 2. The van der Waals surface area contributed by atoms with Crippen LogP contribution in [-0.4, -0.2) is 13.0 Å². The average molecular weight is 194 g/mol. The van der Waals surface area contributed by atoms with E-state index in [0.717, 1.165) is 6.07 Å². The molecule has 0 spiro atoms. The maximum Gasteiger partial charge on any atom is 1.00 e. The number of benzene rings is 1. The third-order valence-corrected chi connectivity index (χ3v) is 2.21. The summed E-state index contributed by atoms with van der Waals surface area (Å²) in [6.45, 7) is 0. The van der Waals surface area contributed by atoms with Gasteiger partial charge in [0, 0.05) is 5.69 Å². The van der Waals surface area contributed by atoms with Gasteiger partial charge in [0.05, 0.1) is 10.6 Å². The fourth-order valence-electron chi connectivity index (χ4n) is 0.795. The molecule has 0 atom stereocenters. The zero-order valence-electron chi connectivity index (χ0n) is 7.02. The van der Waals surface area contributed by atoms with Gasteiger partial charge in [-0.2, -0.15) is 0 Å². The van der Waals surface area contributed by atoms with Gasteiger partial charge in [0.15, 0.2) is 0 Å². The van der Waals surface area contributed by atoms with Crippen molar-refractivity contribution in [1.82, 2.24) is 0 Å². The Labute approximate surface area is 88.0 Å². The summed E-state index contributed by atoms with van der Waals surface area (Å²) in [6, 6.07) is 3.62. The van der Waals surface area contributed by atoms with Crippen LogP contribution in [-0.2, 0) is 10.1 Å². The fourth-order valence-corrected chi connectivity index (χ4v) is 1.38. The van der Waals surface area contributed by atoms with Gasteiger partial charge < -0.3 is 16.0 Å². The van der Waals surface area contributed by atoms with Crippen molar-refractivity contribution in [2.75, 3.05) is 11.5 Å². The zero-order valence-corrected chi connectivity index (χ0v) is 7.84. The largest absolute Gasteiger partial charge is 1.00 e. The Kier molecular flexibility index (Phi) is 3.82. The van der Waals surface area contributed by atoms with Gasteiger partial charge in [-0.3, -0.25) is 0 Å². The van der Waals surface area contributed by atoms with E-state index in [4.69, 9.17) is 11.5 Å². The van der Waals surface area contributed by atoms with Gasteiger partial charge in [-0.25, -0.2) is 8.42 Å². The molecule has 0 heterocycles. The van der Waals surface area contributed by atoms with Crippen LogP contribution < -0.4 is 30.3 Å². The van der Waals surface area contributed by atoms with Crippen molar-refractivity contribution >= 4 is 21.5 Å². The molecule has 0 radical (unpaired) electrons. The van der Waals surface area contributed by atoms with E-state index in [1.807, 2.05) is 0 Å². The van der Waals surface area contributed by atoms with Crippen molar-refractivity contribution in [3.05, 3.63) is 18.2 Å². The molecule has 0 amide bonds. The molecule has 1 rings (SSSR count). The average Bonchev–Trinajstić information content (AvgIpc) is 1.83. The quantitative estimate of drug-likeness (QED) is 0.277. The molecule has 7 heteroatoms. The minimum Gasteiger partial charge on any atom is -0.744 e. The van der Waals surface area contributed by atoms with E-state index in [0.29, 0.717) is 5.69 Å². The SMILES string of the molecule is Nc1ccc(S(=O)(=O)[O-])c(N)c1.[Li+]. The Hall–Kier alpha value is -0.673. The molecule has 1 aromatic rings. The van der Waals surface area contributed by atoms with Gasteiger partial charge in [0.2, 0.25) is 0 Å². The smallest absolute Gasteiger partial charge is 0.744 e. The Balaban J connectivity index is 0.00000144. The summed E-state index contributed by atoms with van der Waals surface area (Å²) in [5.41, 5.74) is 10.7. The van der Waals surface area contributed by atoms with Crippen LogP contribution in [0.3, 0.4) is 0 Å². The van der Waals surface area contributed by atoms with E-state index in [9.17, 15) is 13.0 Å². The van der Waals surface area contributed by atoms with Gasteiger partial charge in [0.25, 0.3) is 0 Å². The Morgan fingerprint density at radius 2 is 1.77 bits per heavy atom. The molecule has 0 aliphatic heterocycles. The Bertz CT molecular complexity index is 404. The van der Waals surface area contributed by atoms with Crippen molar-refractivity contribution in [3.63, 3.8) is 0 Å². The molecule has 66 valence electrons. The molecule has 0 aromatic heterocycles. The maximum absolute atomic E-state index is 10.5. The molecule has 0 saturated carbocycles. The number of nitrogens with two attached hydrogens (primary N) is 2. The maximum atomic E-state index is 10.5. The first-order valence-electron chi connectivity index (χ1n) is 3.02. The van der Waals surface area contributed by atoms with Gasteiger partial charge in [0.1, 0.15) is 10.1 Å². The van der Waals surface area contributed by atoms with Crippen LogP contribution in [0.5, 0.6) is 0 Å². The Morgan fingerprint density at radius 3 is 2.15 bits per heavy atom. The number of nitrogen functional groups attached to an aromatic ring is 2. The van der Waals surface area contributed by atoms with Crippen molar-refractivity contribution in [2.45, 2.75) is 4.90 Å². The molecule has 0 aliphatic rings. The molecule has 4 N–H and O–H groups in total. The third-order valence-electron chi connectivity index (χ3n) is 1.30. The minimum atomic E-state index is -4.48. The molecule has 5 nitrogen and oxygen atoms in total. The van der Waals surface area contributed by atoms with Crippen LogP contribution in [0, 0.1) is 0 Å². The summed E-state index contributed by atoms with van der Waals surface area (Å²) in [6.07, 6.45) is 0. The summed E-state index contributed by atoms with van der Waals surface area (Å²) in [7, 11) is -4.48. The van der Waals surface area contributed by atoms with E-state index in [2.05, 4.69) is 0 Å². The standard InChI is InChI=1S/C6H8N2O3S.Li/c7-4-1-2-6(5(8)3-4)12(9,10)11;/h1-3H,7-8H2,(H,9,10,11);/q;+1/p-1. The van der Waals surface area contributed by atoms with Crippen LogP contribution in [0.2, 0.25) is 0 Å². The monoisotopic (exact) mass is 194 g/mol. The second kappa shape index (κ2) is 4.02. The number of hydrogen-bond acceptors (Lipinski definition) is 5. The van der Waals surface area contributed by atoms with Crippen molar-refractivity contribution in [3.8, 4) is 0 Å². The van der Waals surface area contributed by atoms with Crippen molar-refractivity contribution < 1.29 is 31.8 Å². The topological polar surface area (TPSA) is 109 Å². The first-order valence-corrected chi connectivity index (χ1v) is 4.43. The number of rotatable bonds is 1. The summed E-state index contributed by atoms with van der Waals surface area (Å²) >= 11 is 0. The molecule has 0 aliphatic carbocycles. The van der Waals surface area contributed by atoms with Crippen LogP contribution >= 0.6 is 0 Å². The van der Waals surface area contributed by atoms with Crippen LogP contribution in [0.1, 0.15) is 0 Å². The van der Waals surface area contributed by atoms with Crippen LogP contribution in [0.4, 0.5) is 11.4 Å².